The Morgan fingerprint density at radius 2 is 1.60 bits per heavy atom. The number of alkyl halides is 3. The SMILES string of the molecule is CC(C)C(N)c1ccc(-c2ccc(C(F)(F)F)cc2)s1. The van der Waals surface area contributed by atoms with E-state index in [-0.39, 0.29) is 6.04 Å². The fraction of sp³-hybridized carbons (Fsp3) is 0.333. The van der Waals surface area contributed by atoms with Crippen LogP contribution in [0, 0.1) is 5.92 Å². The van der Waals surface area contributed by atoms with E-state index in [0.29, 0.717) is 5.92 Å². The van der Waals surface area contributed by atoms with Crippen LogP contribution in [0.25, 0.3) is 10.4 Å². The molecule has 0 spiro atoms. The molecule has 108 valence electrons. The van der Waals surface area contributed by atoms with Crippen molar-refractivity contribution in [3.05, 3.63) is 46.8 Å². The van der Waals surface area contributed by atoms with Crippen molar-refractivity contribution in [1.82, 2.24) is 0 Å². The molecule has 0 fully saturated rings. The van der Waals surface area contributed by atoms with E-state index < -0.39 is 11.7 Å². The molecule has 2 aromatic rings. The molecular formula is C15H16F3NS. The monoisotopic (exact) mass is 299 g/mol. The van der Waals surface area contributed by atoms with Gasteiger partial charge in [-0.1, -0.05) is 26.0 Å². The highest BCUT2D eigenvalue weighted by atomic mass is 32.1. The van der Waals surface area contributed by atoms with Gasteiger partial charge in [0.1, 0.15) is 0 Å². The number of rotatable bonds is 3. The zero-order chi connectivity index (χ0) is 14.9. The Hall–Kier alpha value is -1.33. The minimum Gasteiger partial charge on any atom is -0.323 e. The van der Waals surface area contributed by atoms with E-state index in [4.69, 9.17) is 5.73 Å². The predicted octanol–water partition coefficient (Wildman–Crippen LogP) is 5.09. The zero-order valence-corrected chi connectivity index (χ0v) is 12.1. The largest absolute Gasteiger partial charge is 0.416 e. The molecule has 2 N–H and O–H groups in total. The molecule has 1 aromatic carbocycles. The van der Waals surface area contributed by atoms with Gasteiger partial charge in [-0.05, 0) is 35.7 Å². The lowest BCUT2D eigenvalue weighted by atomic mass is 10.0. The number of halogens is 3. The zero-order valence-electron chi connectivity index (χ0n) is 11.2. The van der Waals surface area contributed by atoms with Gasteiger partial charge in [-0.3, -0.25) is 0 Å². The molecule has 1 unspecified atom stereocenters. The van der Waals surface area contributed by atoms with E-state index in [2.05, 4.69) is 0 Å². The molecule has 0 aliphatic heterocycles. The second-order valence-corrected chi connectivity index (χ2v) is 6.16. The average molecular weight is 299 g/mol. The molecule has 1 atom stereocenters. The molecule has 0 aliphatic carbocycles. The maximum Gasteiger partial charge on any atom is 0.416 e. The van der Waals surface area contributed by atoms with Crippen molar-refractivity contribution in [2.45, 2.75) is 26.1 Å². The Balaban J connectivity index is 2.25. The molecule has 1 aromatic heterocycles. The van der Waals surface area contributed by atoms with Gasteiger partial charge in [0.2, 0.25) is 0 Å². The van der Waals surface area contributed by atoms with E-state index >= 15 is 0 Å². The maximum atomic E-state index is 12.5. The standard InChI is InChI=1S/C15H16F3NS/c1-9(2)14(19)13-8-7-12(20-13)10-3-5-11(6-4-10)15(16,17)18/h3-9,14H,19H2,1-2H3. The van der Waals surface area contributed by atoms with Crippen molar-refractivity contribution in [2.24, 2.45) is 11.7 Å². The molecule has 5 heteroatoms. The fourth-order valence-corrected chi connectivity index (χ4v) is 3.03. The summed E-state index contributed by atoms with van der Waals surface area (Å²) in [6.45, 7) is 4.09. The third kappa shape index (κ3) is 3.22. The summed E-state index contributed by atoms with van der Waals surface area (Å²) in [5.74, 6) is 0.328. The first kappa shape index (κ1) is 15.1. The first-order valence-corrected chi connectivity index (χ1v) is 7.13. The van der Waals surface area contributed by atoms with Crippen LogP contribution in [-0.2, 0) is 6.18 Å². The van der Waals surface area contributed by atoms with Crippen molar-refractivity contribution in [1.29, 1.82) is 0 Å². The third-order valence-electron chi connectivity index (χ3n) is 3.17. The van der Waals surface area contributed by atoms with Gasteiger partial charge in [0.15, 0.2) is 0 Å². The predicted molar refractivity (Wildman–Crippen MR) is 76.5 cm³/mol. The van der Waals surface area contributed by atoms with Gasteiger partial charge in [-0.15, -0.1) is 11.3 Å². The molecule has 2 rings (SSSR count). The second kappa shape index (κ2) is 5.58. The summed E-state index contributed by atoms with van der Waals surface area (Å²) < 4.78 is 37.5. The minimum absolute atomic E-state index is 0.0387. The van der Waals surface area contributed by atoms with E-state index in [1.54, 1.807) is 0 Å². The lowest BCUT2D eigenvalue weighted by molar-refractivity contribution is -0.137. The van der Waals surface area contributed by atoms with Crippen LogP contribution in [-0.4, -0.2) is 0 Å². The van der Waals surface area contributed by atoms with Crippen LogP contribution >= 0.6 is 11.3 Å². The average Bonchev–Trinajstić information content (AvgIpc) is 2.86. The van der Waals surface area contributed by atoms with Crippen molar-refractivity contribution >= 4 is 11.3 Å². The van der Waals surface area contributed by atoms with Gasteiger partial charge >= 0.3 is 6.18 Å². The molecule has 0 aliphatic rings. The van der Waals surface area contributed by atoms with Gasteiger partial charge in [0.25, 0.3) is 0 Å². The lowest BCUT2D eigenvalue weighted by Crippen LogP contribution is -2.14. The smallest absolute Gasteiger partial charge is 0.323 e. The summed E-state index contributed by atoms with van der Waals surface area (Å²) in [6.07, 6.45) is -4.29. The quantitative estimate of drug-likeness (QED) is 0.839. The highest BCUT2D eigenvalue weighted by Gasteiger charge is 2.30. The van der Waals surface area contributed by atoms with Crippen LogP contribution in [0.1, 0.15) is 30.3 Å². The van der Waals surface area contributed by atoms with Gasteiger partial charge < -0.3 is 5.73 Å². The maximum absolute atomic E-state index is 12.5. The van der Waals surface area contributed by atoms with Crippen LogP contribution in [0.5, 0.6) is 0 Å². The summed E-state index contributed by atoms with van der Waals surface area (Å²) in [5.41, 5.74) is 6.23. The molecular weight excluding hydrogens is 283 g/mol. The summed E-state index contributed by atoms with van der Waals surface area (Å²) >= 11 is 1.53. The number of thiophene rings is 1. The Labute approximate surface area is 120 Å². The van der Waals surface area contributed by atoms with Gasteiger partial charge in [0, 0.05) is 15.8 Å². The minimum atomic E-state index is -4.29. The number of hydrogen-bond acceptors (Lipinski definition) is 2. The topological polar surface area (TPSA) is 26.0 Å². The number of nitrogens with two attached hydrogens (primary N) is 1. The third-order valence-corrected chi connectivity index (χ3v) is 4.41. The van der Waals surface area contributed by atoms with Crippen molar-refractivity contribution < 1.29 is 13.2 Å². The van der Waals surface area contributed by atoms with Crippen LogP contribution in [0.15, 0.2) is 36.4 Å². The highest BCUT2D eigenvalue weighted by Crippen LogP contribution is 2.35. The summed E-state index contributed by atoms with van der Waals surface area (Å²) in [5, 5.41) is 0. The molecule has 1 nitrogen and oxygen atoms in total. The second-order valence-electron chi connectivity index (χ2n) is 5.05. The van der Waals surface area contributed by atoms with Gasteiger partial charge in [0.05, 0.1) is 5.56 Å². The summed E-state index contributed by atoms with van der Waals surface area (Å²) in [7, 11) is 0. The van der Waals surface area contributed by atoms with Crippen LogP contribution in [0.4, 0.5) is 13.2 Å². The van der Waals surface area contributed by atoms with Crippen LogP contribution < -0.4 is 5.73 Å². The summed E-state index contributed by atoms with van der Waals surface area (Å²) in [4.78, 5) is 1.99. The van der Waals surface area contributed by atoms with E-state index in [0.717, 1.165) is 27.5 Å². The van der Waals surface area contributed by atoms with E-state index in [1.807, 2.05) is 26.0 Å². The van der Waals surface area contributed by atoms with Crippen molar-refractivity contribution in [2.75, 3.05) is 0 Å². The molecule has 0 saturated heterocycles. The number of hydrogen-bond donors (Lipinski definition) is 1. The van der Waals surface area contributed by atoms with Gasteiger partial charge in [-0.25, -0.2) is 0 Å². The van der Waals surface area contributed by atoms with E-state index in [1.165, 1.54) is 23.5 Å². The first-order chi connectivity index (χ1) is 9.29. The Bertz CT molecular complexity index is 570. The molecule has 0 radical (unpaired) electrons. The lowest BCUT2D eigenvalue weighted by Gasteiger charge is -2.12. The van der Waals surface area contributed by atoms with Crippen molar-refractivity contribution in [3.63, 3.8) is 0 Å². The Kier molecular flexibility index (Phi) is 4.20. The van der Waals surface area contributed by atoms with E-state index in [9.17, 15) is 13.2 Å². The molecule has 20 heavy (non-hydrogen) atoms. The normalized spacial score (nSPS) is 13.8. The highest BCUT2D eigenvalue weighted by molar-refractivity contribution is 7.15. The molecule has 0 amide bonds. The molecule has 1 heterocycles. The van der Waals surface area contributed by atoms with Crippen molar-refractivity contribution in [3.8, 4) is 10.4 Å². The fourth-order valence-electron chi connectivity index (χ4n) is 1.84. The molecule has 0 bridgehead atoms. The van der Waals surface area contributed by atoms with Crippen LogP contribution in [0.3, 0.4) is 0 Å². The van der Waals surface area contributed by atoms with Gasteiger partial charge in [-0.2, -0.15) is 13.2 Å². The summed E-state index contributed by atoms with van der Waals surface area (Å²) in [6, 6.07) is 9.03. The first-order valence-electron chi connectivity index (χ1n) is 6.32. The Morgan fingerprint density at radius 3 is 2.10 bits per heavy atom. The number of benzene rings is 1. The van der Waals surface area contributed by atoms with Crippen LogP contribution in [0.2, 0.25) is 0 Å². The Morgan fingerprint density at radius 1 is 1.00 bits per heavy atom. The molecule has 0 saturated carbocycles.